The van der Waals surface area contributed by atoms with Gasteiger partial charge in [-0.05, 0) is 61.4 Å². The van der Waals surface area contributed by atoms with Crippen LogP contribution in [0.2, 0.25) is 0 Å². The predicted molar refractivity (Wildman–Crippen MR) is 106 cm³/mol. The molecule has 1 saturated heterocycles. The van der Waals surface area contributed by atoms with E-state index in [1.807, 2.05) is 0 Å². The van der Waals surface area contributed by atoms with Crippen LogP contribution in [0.5, 0.6) is 11.5 Å². The van der Waals surface area contributed by atoms with Gasteiger partial charge in [0.2, 0.25) is 0 Å². The molecule has 0 saturated carbocycles. The molecule has 0 aliphatic carbocycles. The normalized spacial score (nSPS) is 18.6. The Bertz CT molecular complexity index is 1020. The molecule has 1 fully saturated rings. The summed E-state index contributed by atoms with van der Waals surface area (Å²) in [5.41, 5.74) is -0.286. The summed E-state index contributed by atoms with van der Waals surface area (Å²) in [5.74, 6) is -1.18. The van der Waals surface area contributed by atoms with Gasteiger partial charge in [-0.25, -0.2) is 14.0 Å². The van der Waals surface area contributed by atoms with Gasteiger partial charge in [0, 0.05) is 0 Å². The van der Waals surface area contributed by atoms with Crippen molar-refractivity contribution in [1.82, 2.24) is 10.3 Å². The van der Waals surface area contributed by atoms with Gasteiger partial charge < -0.3 is 14.8 Å². The molecule has 1 heterocycles. The van der Waals surface area contributed by atoms with Gasteiger partial charge in [0.05, 0.1) is 18.9 Å². The second-order valence-corrected chi connectivity index (χ2v) is 6.78. The fraction of sp³-hybridized carbons (Fsp3) is 0.238. The Kier molecular flexibility index (Phi) is 5.81. The third-order valence-electron chi connectivity index (χ3n) is 4.74. The van der Waals surface area contributed by atoms with E-state index in [-0.39, 0.29) is 17.1 Å². The number of halogens is 1. The van der Waals surface area contributed by atoms with Crippen LogP contribution in [0.15, 0.2) is 47.6 Å². The highest BCUT2D eigenvalue weighted by Gasteiger charge is 2.46. The molecule has 0 unspecified atom stereocenters. The van der Waals surface area contributed by atoms with E-state index < -0.39 is 29.3 Å². The van der Waals surface area contributed by atoms with E-state index in [1.165, 1.54) is 37.6 Å². The van der Waals surface area contributed by atoms with Crippen molar-refractivity contribution in [3.05, 3.63) is 59.4 Å². The molecule has 0 radical (unpaired) electrons. The standard InChI is InChI=1S/C21H20FN3O5/c1-4-21(2)19(27)25(20(28)24-21)23-12-13-5-10-16(17(11-13)29-3)30-18(26)14-6-8-15(22)9-7-14/h5-12H,4H2,1-3H3,(H,24,28)/b23-12-/t21-/m1/s1. The molecule has 1 N–H and O–H groups in total. The number of esters is 1. The van der Waals surface area contributed by atoms with Crippen molar-refractivity contribution in [3.8, 4) is 11.5 Å². The molecule has 1 aliphatic rings. The molecule has 0 spiro atoms. The third kappa shape index (κ3) is 4.14. The average Bonchev–Trinajstić information content (AvgIpc) is 2.96. The van der Waals surface area contributed by atoms with Gasteiger partial charge in [-0.15, -0.1) is 5.01 Å². The lowest BCUT2D eigenvalue weighted by atomic mass is 10.00. The largest absolute Gasteiger partial charge is 0.493 e. The number of hydrogen-bond donors (Lipinski definition) is 1. The molecule has 30 heavy (non-hydrogen) atoms. The predicted octanol–water partition coefficient (Wildman–Crippen LogP) is 3.11. The zero-order chi connectivity index (χ0) is 21.9. The Hall–Kier alpha value is -3.75. The van der Waals surface area contributed by atoms with Gasteiger partial charge in [0.1, 0.15) is 11.4 Å². The summed E-state index contributed by atoms with van der Waals surface area (Å²) in [5, 5.41) is 7.35. The van der Waals surface area contributed by atoms with E-state index in [0.717, 1.165) is 17.1 Å². The summed E-state index contributed by atoms with van der Waals surface area (Å²) < 4.78 is 23.6. The molecule has 1 atom stereocenters. The lowest BCUT2D eigenvalue weighted by molar-refractivity contribution is -0.130. The van der Waals surface area contributed by atoms with Crippen molar-refractivity contribution in [2.24, 2.45) is 5.10 Å². The van der Waals surface area contributed by atoms with Crippen LogP contribution in [0.25, 0.3) is 0 Å². The smallest absolute Gasteiger partial charge is 0.346 e. The first kappa shape index (κ1) is 21.0. The van der Waals surface area contributed by atoms with Crippen molar-refractivity contribution >= 4 is 24.1 Å². The van der Waals surface area contributed by atoms with Crippen LogP contribution in [-0.2, 0) is 4.79 Å². The molecule has 0 bridgehead atoms. The van der Waals surface area contributed by atoms with E-state index in [1.54, 1.807) is 19.9 Å². The molecular formula is C21H20FN3O5. The number of nitrogens with zero attached hydrogens (tertiary/aromatic N) is 2. The van der Waals surface area contributed by atoms with Crippen LogP contribution in [0.3, 0.4) is 0 Å². The van der Waals surface area contributed by atoms with E-state index in [4.69, 9.17) is 9.47 Å². The minimum absolute atomic E-state index is 0.150. The number of urea groups is 1. The lowest BCUT2D eigenvalue weighted by Crippen LogP contribution is -2.42. The van der Waals surface area contributed by atoms with Gasteiger partial charge in [0.15, 0.2) is 11.5 Å². The maximum atomic E-state index is 13.0. The highest BCUT2D eigenvalue weighted by atomic mass is 19.1. The van der Waals surface area contributed by atoms with Crippen molar-refractivity contribution in [2.75, 3.05) is 7.11 Å². The van der Waals surface area contributed by atoms with Crippen LogP contribution >= 0.6 is 0 Å². The highest BCUT2D eigenvalue weighted by Crippen LogP contribution is 2.29. The van der Waals surface area contributed by atoms with Gasteiger partial charge in [0.25, 0.3) is 5.91 Å². The third-order valence-corrected chi connectivity index (χ3v) is 4.74. The zero-order valence-electron chi connectivity index (χ0n) is 16.6. The molecule has 8 nitrogen and oxygen atoms in total. The summed E-state index contributed by atoms with van der Waals surface area (Å²) in [7, 11) is 1.40. The minimum atomic E-state index is -0.982. The fourth-order valence-corrected chi connectivity index (χ4v) is 2.73. The van der Waals surface area contributed by atoms with Gasteiger partial charge in [-0.1, -0.05) is 6.92 Å². The Labute approximate surface area is 172 Å². The number of nitrogens with one attached hydrogen (secondary N) is 1. The lowest BCUT2D eigenvalue weighted by Gasteiger charge is -2.17. The number of carbonyl (C=O) groups excluding carboxylic acids is 3. The van der Waals surface area contributed by atoms with Crippen LogP contribution in [-0.4, -0.2) is 41.8 Å². The van der Waals surface area contributed by atoms with Gasteiger partial charge in [-0.2, -0.15) is 5.10 Å². The monoisotopic (exact) mass is 413 g/mol. The topological polar surface area (TPSA) is 97.3 Å². The molecule has 3 amide bonds. The minimum Gasteiger partial charge on any atom is -0.493 e. The number of carbonyl (C=O) groups is 3. The van der Waals surface area contributed by atoms with Crippen LogP contribution < -0.4 is 14.8 Å². The highest BCUT2D eigenvalue weighted by molar-refractivity contribution is 6.07. The van der Waals surface area contributed by atoms with Crippen molar-refractivity contribution in [2.45, 2.75) is 25.8 Å². The second kappa shape index (κ2) is 8.32. The zero-order valence-corrected chi connectivity index (χ0v) is 16.6. The number of rotatable bonds is 6. The van der Waals surface area contributed by atoms with E-state index in [2.05, 4.69) is 10.4 Å². The number of amides is 3. The van der Waals surface area contributed by atoms with Crippen molar-refractivity contribution in [1.29, 1.82) is 0 Å². The van der Waals surface area contributed by atoms with E-state index >= 15 is 0 Å². The Morgan fingerprint density at radius 1 is 1.20 bits per heavy atom. The van der Waals surface area contributed by atoms with Gasteiger partial charge >= 0.3 is 12.0 Å². The summed E-state index contributed by atoms with van der Waals surface area (Å²) in [6.07, 6.45) is 1.76. The first-order chi connectivity index (χ1) is 14.3. The Morgan fingerprint density at radius 2 is 1.90 bits per heavy atom. The summed E-state index contributed by atoms with van der Waals surface area (Å²) >= 11 is 0. The van der Waals surface area contributed by atoms with Crippen LogP contribution in [0, 0.1) is 5.82 Å². The Morgan fingerprint density at radius 3 is 2.50 bits per heavy atom. The van der Waals surface area contributed by atoms with E-state index in [9.17, 15) is 18.8 Å². The van der Waals surface area contributed by atoms with Crippen molar-refractivity contribution < 1.29 is 28.2 Å². The summed E-state index contributed by atoms with van der Waals surface area (Å²) in [6.45, 7) is 3.43. The van der Waals surface area contributed by atoms with Crippen LogP contribution in [0.1, 0.15) is 36.2 Å². The molecule has 2 aromatic carbocycles. The maximum Gasteiger partial charge on any atom is 0.346 e. The number of hydrogen-bond acceptors (Lipinski definition) is 6. The molecule has 156 valence electrons. The van der Waals surface area contributed by atoms with Gasteiger partial charge in [-0.3, -0.25) is 4.79 Å². The Balaban J connectivity index is 1.76. The molecule has 9 heteroatoms. The fourth-order valence-electron chi connectivity index (χ4n) is 2.73. The quantitative estimate of drug-likeness (QED) is 0.340. The number of hydrazone groups is 1. The maximum absolute atomic E-state index is 13.0. The molecular weight excluding hydrogens is 393 g/mol. The summed E-state index contributed by atoms with van der Waals surface area (Å²) in [6, 6.07) is 8.95. The number of benzene rings is 2. The molecule has 1 aliphatic heterocycles. The number of imide groups is 1. The summed E-state index contributed by atoms with van der Waals surface area (Å²) in [4.78, 5) is 36.6. The molecule has 3 rings (SSSR count). The number of ether oxygens (including phenoxy) is 2. The molecule has 0 aromatic heterocycles. The first-order valence-corrected chi connectivity index (χ1v) is 9.14. The SMILES string of the molecule is CC[C@@]1(C)NC(=O)N(/N=C\c2ccc(OC(=O)c3ccc(F)cc3)c(OC)c2)C1=O. The first-order valence-electron chi connectivity index (χ1n) is 9.14. The van der Waals surface area contributed by atoms with Crippen molar-refractivity contribution in [3.63, 3.8) is 0 Å². The average molecular weight is 413 g/mol. The molecule has 2 aromatic rings. The van der Waals surface area contributed by atoms with Crippen LogP contribution in [0.4, 0.5) is 9.18 Å². The second-order valence-electron chi connectivity index (χ2n) is 6.78. The number of methoxy groups -OCH3 is 1. The van der Waals surface area contributed by atoms with E-state index in [0.29, 0.717) is 12.0 Å².